The van der Waals surface area contributed by atoms with Gasteiger partial charge in [-0.3, -0.25) is 14.2 Å². The van der Waals surface area contributed by atoms with E-state index in [0.29, 0.717) is 32.0 Å². The van der Waals surface area contributed by atoms with Crippen LogP contribution in [0.3, 0.4) is 0 Å². The minimum absolute atomic E-state index is 0.230. The summed E-state index contributed by atoms with van der Waals surface area (Å²) in [4.78, 5) is 33.4. The molecule has 1 N–H and O–H groups in total. The number of nitrogens with one attached hydrogen (secondary N) is 1. The van der Waals surface area contributed by atoms with Crippen LogP contribution < -0.4 is 10.9 Å². The average Bonchev–Trinajstić information content (AvgIpc) is 3.26. The van der Waals surface area contributed by atoms with Crippen LogP contribution in [0.25, 0.3) is 16.7 Å². The molecule has 0 radical (unpaired) electrons. The van der Waals surface area contributed by atoms with Crippen LogP contribution in [0.1, 0.15) is 0 Å². The molecule has 3 aromatic heterocycles. The highest BCUT2D eigenvalue weighted by Crippen LogP contribution is 2.24. The fourth-order valence-corrected chi connectivity index (χ4v) is 3.49. The molecule has 3 heterocycles. The summed E-state index contributed by atoms with van der Waals surface area (Å²) in [5.74, 6) is -0.424. The maximum absolute atomic E-state index is 12.7. The highest BCUT2D eigenvalue weighted by molar-refractivity contribution is 9.10. The number of fused-ring (bicyclic) bond motifs is 1. The number of hydrogen-bond acceptors (Lipinski definition) is 6. The maximum atomic E-state index is 12.7. The second kappa shape index (κ2) is 7.17. The van der Waals surface area contributed by atoms with Gasteiger partial charge in [0, 0.05) is 12.1 Å². The van der Waals surface area contributed by atoms with Gasteiger partial charge in [0.2, 0.25) is 5.91 Å². The Morgan fingerprint density at radius 3 is 2.89 bits per heavy atom. The van der Waals surface area contributed by atoms with E-state index in [-0.39, 0.29) is 12.1 Å². The summed E-state index contributed by atoms with van der Waals surface area (Å²) in [7, 11) is 1.68. The van der Waals surface area contributed by atoms with Gasteiger partial charge in [0.15, 0.2) is 5.65 Å². The van der Waals surface area contributed by atoms with Crippen molar-refractivity contribution in [3.05, 3.63) is 57.2 Å². The Morgan fingerprint density at radius 2 is 2.14 bits per heavy atom. The summed E-state index contributed by atoms with van der Waals surface area (Å²) in [6.45, 7) is -0.230. The number of carbonyl (C=O) groups is 1. The molecule has 0 unspecified atom stereocenters. The van der Waals surface area contributed by atoms with Crippen molar-refractivity contribution in [3.8, 4) is 5.69 Å². The van der Waals surface area contributed by atoms with E-state index in [1.54, 1.807) is 25.2 Å². The molecule has 10 nitrogen and oxygen atoms in total. The monoisotopic (exact) mass is 462 g/mol. The normalized spacial score (nSPS) is 11.1. The average molecular weight is 464 g/mol. The minimum atomic E-state index is -0.424. The number of halogens is 2. The Hall–Kier alpha value is -3.05. The van der Waals surface area contributed by atoms with E-state index in [1.165, 1.54) is 32.9 Å². The van der Waals surface area contributed by atoms with Crippen molar-refractivity contribution in [1.82, 2.24) is 34.1 Å². The first-order valence-corrected chi connectivity index (χ1v) is 9.13. The zero-order valence-corrected chi connectivity index (χ0v) is 16.7. The Kier molecular flexibility index (Phi) is 4.69. The number of nitrogens with zero attached hydrogens (tertiary/aromatic N) is 7. The van der Waals surface area contributed by atoms with Crippen LogP contribution in [0.2, 0.25) is 5.02 Å². The van der Waals surface area contributed by atoms with Crippen LogP contribution in [0, 0.1) is 0 Å². The summed E-state index contributed by atoms with van der Waals surface area (Å²) < 4.78 is 4.57. The predicted octanol–water partition coefficient (Wildman–Crippen LogP) is 1.77. The van der Waals surface area contributed by atoms with Gasteiger partial charge in [-0.05, 0) is 34.1 Å². The third-order valence-corrected chi connectivity index (χ3v) is 4.77. The van der Waals surface area contributed by atoms with E-state index in [0.717, 1.165) is 0 Å². The number of hydrogen-bond donors (Lipinski definition) is 1. The third-order valence-electron chi connectivity index (χ3n) is 3.98. The number of benzene rings is 1. The van der Waals surface area contributed by atoms with Gasteiger partial charge in [0.25, 0.3) is 5.56 Å². The van der Waals surface area contributed by atoms with E-state index >= 15 is 0 Å². The summed E-state index contributed by atoms with van der Waals surface area (Å²) in [6, 6.07) is 4.98. The molecular formula is C16H12BrClN8O2. The second-order valence-corrected chi connectivity index (χ2v) is 7.03. The highest BCUT2D eigenvalue weighted by Gasteiger charge is 2.16. The summed E-state index contributed by atoms with van der Waals surface area (Å²) in [5.41, 5.74) is 1.08. The largest absolute Gasteiger partial charge is 0.323 e. The Morgan fingerprint density at radius 1 is 1.32 bits per heavy atom. The van der Waals surface area contributed by atoms with Crippen LogP contribution >= 0.6 is 27.5 Å². The lowest BCUT2D eigenvalue weighted by Gasteiger charge is -2.12. The van der Waals surface area contributed by atoms with Crippen LogP contribution in [-0.4, -0.2) is 40.0 Å². The fourth-order valence-electron chi connectivity index (χ4n) is 2.73. The number of aryl methyl sites for hydroxylation is 1. The molecule has 1 aromatic carbocycles. The van der Waals surface area contributed by atoms with E-state index in [2.05, 4.69) is 41.4 Å². The maximum Gasteiger partial charge on any atom is 0.266 e. The van der Waals surface area contributed by atoms with Crippen molar-refractivity contribution in [1.29, 1.82) is 0 Å². The van der Waals surface area contributed by atoms with E-state index < -0.39 is 5.91 Å². The van der Waals surface area contributed by atoms with Gasteiger partial charge in [-0.1, -0.05) is 11.6 Å². The molecule has 4 aromatic rings. The van der Waals surface area contributed by atoms with Crippen molar-refractivity contribution in [2.45, 2.75) is 6.54 Å². The van der Waals surface area contributed by atoms with Crippen LogP contribution in [-0.2, 0) is 18.4 Å². The SMILES string of the molecule is Cn1nc(Br)c2c(=O)n(CC(=O)Nc3cc(Cl)ccc3-n3cncn3)cnc21. The fraction of sp³-hybridized carbons (Fsp3) is 0.125. The number of aromatic nitrogens is 7. The Balaban J connectivity index is 1.63. The third kappa shape index (κ3) is 3.29. The van der Waals surface area contributed by atoms with Crippen molar-refractivity contribution >= 4 is 50.2 Å². The Bertz CT molecular complexity index is 1250. The van der Waals surface area contributed by atoms with Gasteiger partial charge in [0.05, 0.1) is 11.4 Å². The standard InChI is InChI=1S/C16H12BrClN8O2/c1-24-15-13(14(17)23-24)16(28)25(8-20-15)5-12(27)22-10-4-9(18)2-3-11(10)26-7-19-6-21-26/h2-4,6-8H,5H2,1H3,(H,22,27). The van der Waals surface area contributed by atoms with Gasteiger partial charge in [-0.2, -0.15) is 10.2 Å². The molecule has 0 atom stereocenters. The molecular weight excluding hydrogens is 452 g/mol. The molecule has 0 bridgehead atoms. The lowest BCUT2D eigenvalue weighted by atomic mass is 10.2. The molecule has 4 rings (SSSR count). The van der Waals surface area contributed by atoms with Crippen molar-refractivity contribution in [2.75, 3.05) is 5.32 Å². The van der Waals surface area contributed by atoms with E-state index in [4.69, 9.17) is 11.6 Å². The van der Waals surface area contributed by atoms with Crippen molar-refractivity contribution < 1.29 is 4.79 Å². The summed E-state index contributed by atoms with van der Waals surface area (Å²) in [5, 5.41) is 11.7. The van der Waals surface area contributed by atoms with E-state index in [9.17, 15) is 9.59 Å². The molecule has 0 spiro atoms. The first kappa shape index (κ1) is 18.3. The topological polar surface area (TPSA) is 113 Å². The first-order valence-electron chi connectivity index (χ1n) is 7.96. The van der Waals surface area contributed by atoms with Crippen LogP contribution in [0.4, 0.5) is 5.69 Å². The lowest BCUT2D eigenvalue weighted by Crippen LogP contribution is -2.28. The number of anilines is 1. The molecule has 0 aliphatic carbocycles. The number of rotatable bonds is 4. The number of amides is 1. The first-order chi connectivity index (χ1) is 13.4. The van der Waals surface area contributed by atoms with Gasteiger partial charge < -0.3 is 5.32 Å². The molecule has 0 saturated carbocycles. The zero-order valence-electron chi connectivity index (χ0n) is 14.4. The van der Waals surface area contributed by atoms with Gasteiger partial charge in [0.1, 0.15) is 35.5 Å². The van der Waals surface area contributed by atoms with Gasteiger partial charge >= 0.3 is 0 Å². The van der Waals surface area contributed by atoms with Gasteiger partial charge in [-0.15, -0.1) is 0 Å². The van der Waals surface area contributed by atoms with E-state index in [1.807, 2.05) is 0 Å². The molecule has 1 amide bonds. The smallest absolute Gasteiger partial charge is 0.266 e. The van der Waals surface area contributed by atoms with Gasteiger partial charge in [-0.25, -0.2) is 19.3 Å². The summed E-state index contributed by atoms with van der Waals surface area (Å²) >= 11 is 9.30. The van der Waals surface area contributed by atoms with Crippen molar-refractivity contribution in [3.63, 3.8) is 0 Å². The Labute approximate surface area is 170 Å². The molecule has 28 heavy (non-hydrogen) atoms. The summed E-state index contributed by atoms with van der Waals surface area (Å²) in [6.07, 6.45) is 4.20. The predicted molar refractivity (Wildman–Crippen MR) is 105 cm³/mol. The molecule has 12 heteroatoms. The second-order valence-electron chi connectivity index (χ2n) is 5.84. The minimum Gasteiger partial charge on any atom is -0.323 e. The molecule has 0 saturated heterocycles. The van der Waals surface area contributed by atoms with Crippen LogP contribution in [0.5, 0.6) is 0 Å². The molecule has 0 aliphatic rings. The molecule has 142 valence electrons. The highest BCUT2D eigenvalue weighted by atomic mass is 79.9. The van der Waals surface area contributed by atoms with Crippen molar-refractivity contribution in [2.24, 2.45) is 7.05 Å². The quantitative estimate of drug-likeness (QED) is 0.493. The zero-order chi connectivity index (χ0) is 19.8. The molecule has 0 fully saturated rings. The lowest BCUT2D eigenvalue weighted by molar-refractivity contribution is -0.116. The number of carbonyl (C=O) groups excluding carboxylic acids is 1. The van der Waals surface area contributed by atoms with Crippen LogP contribution in [0.15, 0.2) is 46.6 Å². The molecule has 0 aliphatic heterocycles.